The molecule has 4 rings (SSSR count). The first-order valence-corrected chi connectivity index (χ1v) is 11.4. The highest BCUT2D eigenvalue weighted by atomic mass is 16.5. The lowest BCUT2D eigenvalue weighted by Gasteiger charge is -2.45. The molecule has 3 N–H and O–H groups in total. The monoisotopic (exact) mass is 427 g/mol. The Kier molecular flexibility index (Phi) is 6.93. The van der Waals surface area contributed by atoms with Gasteiger partial charge in [0.1, 0.15) is 11.6 Å². The van der Waals surface area contributed by atoms with Crippen LogP contribution >= 0.6 is 0 Å². The zero-order valence-electron chi connectivity index (χ0n) is 18.9. The summed E-state index contributed by atoms with van der Waals surface area (Å²) in [5.74, 6) is 0. The van der Waals surface area contributed by atoms with E-state index in [-0.39, 0.29) is 12.1 Å². The molecule has 4 heteroatoms. The van der Waals surface area contributed by atoms with E-state index in [9.17, 15) is 0 Å². The predicted molar refractivity (Wildman–Crippen MR) is 131 cm³/mol. The van der Waals surface area contributed by atoms with Crippen LogP contribution in [0.25, 0.3) is 0 Å². The molecule has 1 heterocycles. The Morgan fingerprint density at radius 2 is 1.41 bits per heavy atom. The van der Waals surface area contributed by atoms with E-state index in [1.807, 2.05) is 0 Å². The zero-order chi connectivity index (χ0) is 22.4. The number of benzene rings is 3. The maximum absolute atomic E-state index is 6.70. The van der Waals surface area contributed by atoms with Gasteiger partial charge in [0.05, 0.1) is 12.3 Å². The van der Waals surface area contributed by atoms with Crippen LogP contribution in [-0.2, 0) is 10.3 Å². The van der Waals surface area contributed by atoms with E-state index < -0.39 is 5.54 Å². The molecule has 0 aromatic heterocycles. The molecule has 0 bridgehead atoms. The van der Waals surface area contributed by atoms with Gasteiger partial charge in [-0.2, -0.15) is 0 Å². The van der Waals surface area contributed by atoms with Crippen molar-refractivity contribution in [2.24, 2.45) is 5.73 Å². The molecule has 0 radical (unpaired) electrons. The molecular weight excluding hydrogens is 394 g/mol. The highest BCUT2D eigenvalue weighted by Gasteiger charge is 2.41. The van der Waals surface area contributed by atoms with Crippen LogP contribution in [-0.4, -0.2) is 36.7 Å². The van der Waals surface area contributed by atoms with Crippen LogP contribution in [0.15, 0.2) is 103 Å². The normalized spacial score (nSPS) is 19.5. The Labute approximate surface area is 191 Å². The Hall–Kier alpha value is -3.08. The topological polar surface area (TPSA) is 50.5 Å². The molecule has 1 saturated heterocycles. The van der Waals surface area contributed by atoms with Crippen molar-refractivity contribution in [1.29, 1.82) is 0 Å². The molecule has 166 valence electrons. The van der Waals surface area contributed by atoms with Crippen LogP contribution in [0.5, 0.6) is 0 Å². The van der Waals surface area contributed by atoms with E-state index in [1.54, 1.807) is 0 Å². The number of nitrogens with zero attached hydrogens (tertiary/aromatic N) is 1. The fraction of sp³-hybridized carbons (Fsp3) is 0.286. The number of rotatable bonds is 7. The van der Waals surface area contributed by atoms with E-state index in [2.05, 4.69) is 121 Å². The van der Waals surface area contributed by atoms with Crippen molar-refractivity contribution in [1.82, 2.24) is 10.2 Å². The number of morpholine rings is 1. The molecule has 1 aliphatic rings. The number of nitrogens with one attached hydrogen (secondary N) is 1. The van der Waals surface area contributed by atoms with Gasteiger partial charge in [-0.15, -0.1) is 0 Å². The van der Waals surface area contributed by atoms with Gasteiger partial charge in [-0.3, -0.25) is 0 Å². The Morgan fingerprint density at radius 3 is 1.81 bits per heavy atom. The molecule has 4 nitrogen and oxygen atoms in total. The third-order valence-corrected chi connectivity index (χ3v) is 6.30. The minimum atomic E-state index is -0.533. The second-order valence-corrected chi connectivity index (χ2v) is 8.26. The predicted octanol–water partition coefficient (Wildman–Crippen LogP) is 4.48. The van der Waals surface area contributed by atoms with Gasteiger partial charge in [0.25, 0.3) is 0 Å². The summed E-state index contributed by atoms with van der Waals surface area (Å²) < 4.78 is 6.04. The lowest BCUT2D eigenvalue weighted by atomic mass is 9.75. The Morgan fingerprint density at radius 1 is 0.938 bits per heavy atom. The van der Waals surface area contributed by atoms with Crippen LogP contribution in [0.1, 0.15) is 30.5 Å². The summed E-state index contributed by atoms with van der Waals surface area (Å²) in [6.45, 7) is 6.59. The summed E-state index contributed by atoms with van der Waals surface area (Å²) in [7, 11) is 0. The minimum Gasteiger partial charge on any atom is -0.399 e. The van der Waals surface area contributed by atoms with Gasteiger partial charge in [-0.25, -0.2) is 0 Å². The van der Waals surface area contributed by atoms with Gasteiger partial charge in [0, 0.05) is 25.3 Å². The molecule has 1 fully saturated rings. The van der Waals surface area contributed by atoms with Gasteiger partial charge in [-0.1, -0.05) is 91.0 Å². The van der Waals surface area contributed by atoms with Crippen molar-refractivity contribution < 1.29 is 4.74 Å². The second kappa shape index (κ2) is 10.0. The van der Waals surface area contributed by atoms with Crippen LogP contribution in [0.3, 0.4) is 0 Å². The molecule has 0 aliphatic carbocycles. The number of ether oxygens (including phenoxy) is 1. The number of nitrogens with two attached hydrogens (primary N) is 1. The van der Waals surface area contributed by atoms with E-state index in [1.165, 1.54) is 16.7 Å². The van der Waals surface area contributed by atoms with Crippen LogP contribution in [0.2, 0.25) is 0 Å². The number of hydrogen-bond donors (Lipinski definition) is 2. The molecule has 0 amide bonds. The van der Waals surface area contributed by atoms with Crippen LogP contribution < -0.4 is 11.1 Å². The van der Waals surface area contributed by atoms with E-state index in [0.717, 1.165) is 18.8 Å². The average Bonchev–Trinajstić information content (AvgIpc) is 2.86. The molecule has 0 saturated carbocycles. The van der Waals surface area contributed by atoms with Gasteiger partial charge in [-0.05, 0) is 30.5 Å². The Bertz CT molecular complexity index is 908. The quantitative estimate of drug-likeness (QED) is 0.546. The van der Waals surface area contributed by atoms with E-state index >= 15 is 0 Å². The van der Waals surface area contributed by atoms with Gasteiger partial charge < -0.3 is 20.7 Å². The lowest BCUT2D eigenvalue weighted by molar-refractivity contribution is 0.0220. The van der Waals surface area contributed by atoms with Crippen LogP contribution in [0.4, 0.5) is 0 Å². The maximum Gasteiger partial charge on any atom is 0.116 e. The summed E-state index contributed by atoms with van der Waals surface area (Å²) in [5, 5.41) is 3.47. The maximum atomic E-state index is 6.70. The lowest BCUT2D eigenvalue weighted by Crippen LogP contribution is -2.50. The average molecular weight is 428 g/mol. The summed E-state index contributed by atoms with van der Waals surface area (Å²) in [5.41, 5.74) is 10.5. The van der Waals surface area contributed by atoms with Gasteiger partial charge in [0.2, 0.25) is 0 Å². The SMILES string of the molecule is CCN(/C=C(\N)C1OCCNC1C)C(c1ccccc1)(c1ccccc1)c1ccccc1. The Balaban J connectivity index is 1.94. The van der Waals surface area contributed by atoms with Crippen LogP contribution in [0, 0.1) is 0 Å². The highest BCUT2D eigenvalue weighted by Crippen LogP contribution is 2.42. The smallest absolute Gasteiger partial charge is 0.116 e. The molecule has 0 spiro atoms. The highest BCUT2D eigenvalue weighted by molar-refractivity contribution is 5.50. The molecule has 3 aromatic carbocycles. The zero-order valence-corrected chi connectivity index (χ0v) is 18.9. The first-order valence-electron chi connectivity index (χ1n) is 11.4. The first-order chi connectivity index (χ1) is 15.7. The third kappa shape index (κ3) is 4.16. The fourth-order valence-corrected chi connectivity index (χ4v) is 4.82. The fourth-order valence-electron chi connectivity index (χ4n) is 4.82. The minimum absolute atomic E-state index is 0.155. The van der Waals surface area contributed by atoms with Crippen molar-refractivity contribution in [3.8, 4) is 0 Å². The van der Waals surface area contributed by atoms with Crippen molar-refractivity contribution >= 4 is 0 Å². The third-order valence-electron chi connectivity index (χ3n) is 6.30. The van der Waals surface area contributed by atoms with Crippen molar-refractivity contribution in [3.05, 3.63) is 120 Å². The van der Waals surface area contributed by atoms with Gasteiger partial charge >= 0.3 is 0 Å². The van der Waals surface area contributed by atoms with E-state index in [0.29, 0.717) is 6.61 Å². The summed E-state index contributed by atoms with van der Waals surface area (Å²) in [6.07, 6.45) is 1.94. The summed E-state index contributed by atoms with van der Waals surface area (Å²) >= 11 is 0. The molecule has 1 aliphatic heterocycles. The van der Waals surface area contributed by atoms with Crippen molar-refractivity contribution in [2.75, 3.05) is 19.7 Å². The summed E-state index contributed by atoms with van der Waals surface area (Å²) in [6, 6.07) is 32.2. The van der Waals surface area contributed by atoms with Crippen molar-refractivity contribution in [2.45, 2.75) is 31.5 Å². The molecule has 2 unspecified atom stereocenters. The molecule has 3 aromatic rings. The molecular formula is C28H33N3O. The number of hydrogen-bond acceptors (Lipinski definition) is 4. The van der Waals surface area contributed by atoms with E-state index in [4.69, 9.17) is 10.5 Å². The second-order valence-electron chi connectivity index (χ2n) is 8.26. The summed E-state index contributed by atoms with van der Waals surface area (Å²) in [4.78, 5) is 2.35. The van der Waals surface area contributed by atoms with Gasteiger partial charge in [0.15, 0.2) is 0 Å². The largest absolute Gasteiger partial charge is 0.399 e. The molecule has 2 atom stereocenters. The molecule has 32 heavy (non-hydrogen) atoms. The first kappa shape index (κ1) is 22.1. The standard InChI is InChI=1S/C28H33N3O/c1-3-31(21-26(29)27-22(2)30-19-20-32-27)28(23-13-7-4-8-14-23,24-15-9-5-10-16-24)25-17-11-6-12-18-25/h4-18,21-22,27,30H,3,19-20,29H2,1-2H3/b26-21-. The van der Waals surface area contributed by atoms with Crippen molar-refractivity contribution in [3.63, 3.8) is 0 Å².